The van der Waals surface area contributed by atoms with Gasteiger partial charge in [-0.3, -0.25) is 0 Å². The van der Waals surface area contributed by atoms with Crippen LogP contribution >= 0.6 is 0 Å². The number of ether oxygens (including phenoxy) is 2. The molecule has 0 heterocycles. The Hall–Kier alpha value is -4.21. The van der Waals surface area contributed by atoms with Crippen LogP contribution in [0, 0.1) is 6.92 Å². The van der Waals surface area contributed by atoms with Crippen molar-refractivity contribution in [1.82, 2.24) is 10.8 Å². The van der Waals surface area contributed by atoms with Crippen molar-refractivity contribution in [3.05, 3.63) is 119 Å². The van der Waals surface area contributed by atoms with E-state index in [0.29, 0.717) is 46.1 Å². The van der Waals surface area contributed by atoms with Gasteiger partial charge in [0.2, 0.25) is 0 Å². The molecule has 4 N–H and O–H groups in total. The fraction of sp³-hybridized carbons (Fsp3) is 0.286. The summed E-state index contributed by atoms with van der Waals surface area (Å²) in [7, 11) is 0. The van der Waals surface area contributed by atoms with Gasteiger partial charge in [-0.25, -0.2) is 10.3 Å². The van der Waals surface area contributed by atoms with E-state index >= 15 is 0 Å². The lowest BCUT2D eigenvalue weighted by molar-refractivity contribution is 0.0148. The highest BCUT2D eigenvalue weighted by atomic mass is 16.6. The van der Waals surface area contributed by atoms with Gasteiger partial charge in [0, 0.05) is 25.6 Å². The molecule has 0 radical (unpaired) electrons. The Kier molecular flexibility index (Phi) is 12.1. The summed E-state index contributed by atoms with van der Waals surface area (Å²) in [4.78, 5) is 16.5. The first-order valence-electron chi connectivity index (χ1n) is 14.5. The maximum Gasteiger partial charge on any atom is 0.335 e. The van der Waals surface area contributed by atoms with E-state index in [1.54, 1.807) is 24.3 Å². The molecule has 0 saturated heterocycles. The van der Waals surface area contributed by atoms with Crippen molar-refractivity contribution < 1.29 is 29.3 Å². The van der Waals surface area contributed by atoms with Crippen molar-refractivity contribution in [2.24, 2.45) is 0 Å². The molecule has 226 valence electrons. The van der Waals surface area contributed by atoms with Gasteiger partial charge in [-0.05, 0) is 82.8 Å². The zero-order valence-corrected chi connectivity index (χ0v) is 24.7. The van der Waals surface area contributed by atoms with Crippen LogP contribution in [0.2, 0.25) is 0 Å². The number of benzene rings is 4. The number of phenolic OH excluding ortho intramolecular Hbond substituents is 1. The lowest BCUT2D eigenvalue weighted by Crippen LogP contribution is -2.25. The third-order valence-electron chi connectivity index (χ3n) is 7.00. The van der Waals surface area contributed by atoms with Gasteiger partial charge in [-0.1, -0.05) is 55.5 Å². The monoisotopic (exact) mass is 584 g/mol. The summed E-state index contributed by atoms with van der Waals surface area (Å²) in [6.07, 6.45) is 0. The van der Waals surface area contributed by atoms with Gasteiger partial charge in [0.1, 0.15) is 18.1 Å². The van der Waals surface area contributed by atoms with Crippen LogP contribution in [-0.4, -0.2) is 49.1 Å². The molecule has 0 amide bonds. The van der Waals surface area contributed by atoms with E-state index in [1.165, 1.54) is 0 Å². The molecule has 0 aromatic heterocycles. The van der Waals surface area contributed by atoms with Crippen molar-refractivity contribution >= 4 is 5.97 Å². The first-order valence-corrected chi connectivity index (χ1v) is 14.5. The van der Waals surface area contributed by atoms with Gasteiger partial charge in [0.05, 0.1) is 25.4 Å². The molecule has 8 nitrogen and oxygen atoms in total. The van der Waals surface area contributed by atoms with Crippen molar-refractivity contribution in [2.45, 2.75) is 32.9 Å². The van der Waals surface area contributed by atoms with Gasteiger partial charge in [-0.15, -0.1) is 0 Å². The average Bonchev–Trinajstić information content (AvgIpc) is 3.01. The molecule has 8 heteroatoms. The van der Waals surface area contributed by atoms with Crippen LogP contribution in [0.5, 0.6) is 11.5 Å². The second-order valence-corrected chi connectivity index (χ2v) is 10.5. The summed E-state index contributed by atoms with van der Waals surface area (Å²) in [6, 6.07) is 28.6. The topological polar surface area (TPSA) is 109 Å². The highest BCUT2D eigenvalue weighted by Gasteiger charge is 2.10. The van der Waals surface area contributed by atoms with E-state index in [1.807, 2.05) is 68.4 Å². The minimum atomic E-state index is -0.930. The molecule has 0 saturated carbocycles. The Morgan fingerprint density at radius 2 is 1.65 bits per heavy atom. The quantitative estimate of drug-likeness (QED) is 0.0874. The minimum Gasteiger partial charge on any atom is -0.508 e. The molecule has 4 aromatic rings. The molecule has 0 spiro atoms. The number of carbonyl (C=O) groups is 1. The summed E-state index contributed by atoms with van der Waals surface area (Å²) < 4.78 is 11.9. The number of aromatic carboxylic acids is 1. The van der Waals surface area contributed by atoms with E-state index < -0.39 is 5.97 Å². The fourth-order valence-electron chi connectivity index (χ4n) is 4.61. The molecule has 4 rings (SSSR count). The first-order chi connectivity index (χ1) is 20.9. The van der Waals surface area contributed by atoms with Crippen molar-refractivity contribution in [1.29, 1.82) is 0 Å². The summed E-state index contributed by atoms with van der Waals surface area (Å²) in [5.41, 5.74) is 9.49. The highest BCUT2D eigenvalue weighted by Crippen LogP contribution is 2.31. The molecule has 43 heavy (non-hydrogen) atoms. The number of rotatable bonds is 17. The Morgan fingerprint density at radius 3 is 2.40 bits per heavy atom. The van der Waals surface area contributed by atoms with Crippen LogP contribution in [-0.2, 0) is 22.7 Å². The second kappa shape index (κ2) is 16.4. The van der Waals surface area contributed by atoms with Gasteiger partial charge in [-0.2, -0.15) is 0 Å². The smallest absolute Gasteiger partial charge is 0.335 e. The third-order valence-corrected chi connectivity index (χ3v) is 7.00. The minimum absolute atomic E-state index is 0.126. The normalized spacial score (nSPS) is 11.8. The maximum absolute atomic E-state index is 11.0. The number of hydrogen-bond donors (Lipinski definition) is 4. The molecular weight excluding hydrogens is 544 g/mol. The standard InChI is InChI=1S/C35H40N2O6/c1-25-18-32(38)12-13-34(25)31-19-28(20-33(21-31)42-24-27-6-4-3-5-7-27)22-36-14-16-41-17-15-37-43-23-26(2)29-8-10-30(11-9-29)35(39)40/h3-13,18-21,26,36-38H,14-17,22-24H2,1-2H3,(H,39,40). The number of hydroxylamine groups is 1. The summed E-state index contributed by atoms with van der Waals surface area (Å²) in [5.74, 6) is 0.238. The van der Waals surface area contributed by atoms with E-state index in [4.69, 9.17) is 19.4 Å². The number of aromatic hydroxyl groups is 1. The number of carboxylic acid groups (broad SMARTS) is 1. The third kappa shape index (κ3) is 10.2. The number of hydrogen-bond acceptors (Lipinski definition) is 7. The van der Waals surface area contributed by atoms with E-state index in [2.05, 4.69) is 22.9 Å². The molecule has 1 atom stereocenters. The molecule has 0 fully saturated rings. The Labute approximate surface area is 253 Å². The van der Waals surface area contributed by atoms with Crippen LogP contribution in [0.25, 0.3) is 11.1 Å². The van der Waals surface area contributed by atoms with Crippen LogP contribution in [0.3, 0.4) is 0 Å². The lowest BCUT2D eigenvalue weighted by atomic mass is 9.98. The van der Waals surface area contributed by atoms with Gasteiger partial charge in [0.25, 0.3) is 0 Å². The highest BCUT2D eigenvalue weighted by molar-refractivity contribution is 5.87. The van der Waals surface area contributed by atoms with E-state index in [0.717, 1.165) is 39.1 Å². The fourth-order valence-corrected chi connectivity index (χ4v) is 4.61. The van der Waals surface area contributed by atoms with Crippen LogP contribution < -0.4 is 15.5 Å². The molecule has 1 unspecified atom stereocenters. The van der Waals surface area contributed by atoms with Crippen molar-refractivity contribution in [3.63, 3.8) is 0 Å². The Balaban J connectivity index is 1.18. The summed E-state index contributed by atoms with van der Waals surface area (Å²) in [5, 5.41) is 22.3. The summed E-state index contributed by atoms with van der Waals surface area (Å²) >= 11 is 0. The number of aryl methyl sites for hydroxylation is 1. The zero-order valence-electron chi connectivity index (χ0n) is 24.7. The molecule has 4 aromatic carbocycles. The molecule has 0 aliphatic heterocycles. The van der Waals surface area contributed by atoms with Gasteiger partial charge < -0.3 is 29.8 Å². The van der Waals surface area contributed by atoms with Crippen LogP contribution in [0.15, 0.2) is 91.0 Å². The molecule has 0 aliphatic carbocycles. The van der Waals surface area contributed by atoms with Crippen molar-refractivity contribution in [2.75, 3.05) is 32.9 Å². The second-order valence-electron chi connectivity index (χ2n) is 10.5. The van der Waals surface area contributed by atoms with Crippen LogP contribution in [0.1, 0.15) is 45.5 Å². The number of phenols is 1. The van der Waals surface area contributed by atoms with E-state index in [-0.39, 0.29) is 17.2 Å². The lowest BCUT2D eigenvalue weighted by Gasteiger charge is -2.14. The summed E-state index contributed by atoms with van der Waals surface area (Å²) in [6.45, 7) is 7.93. The average molecular weight is 585 g/mol. The van der Waals surface area contributed by atoms with E-state index in [9.17, 15) is 9.90 Å². The van der Waals surface area contributed by atoms with Gasteiger partial charge >= 0.3 is 5.97 Å². The molecular formula is C35H40N2O6. The Bertz CT molecular complexity index is 1440. The van der Waals surface area contributed by atoms with Crippen LogP contribution in [0.4, 0.5) is 0 Å². The molecule has 0 bridgehead atoms. The number of carboxylic acids is 1. The predicted octanol–water partition coefficient (Wildman–Crippen LogP) is 6.08. The zero-order chi connectivity index (χ0) is 30.4. The first kappa shape index (κ1) is 31.7. The predicted molar refractivity (Wildman–Crippen MR) is 167 cm³/mol. The largest absolute Gasteiger partial charge is 0.508 e. The SMILES string of the molecule is Cc1cc(O)ccc1-c1cc(CNCCOCCNOCC(C)c2ccc(C(=O)O)cc2)cc(OCc2ccccc2)c1. The Morgan fingerprint density at radius 1 is 0.884 bits per heavy atom. The van der Waals surface area contributed by atoms with Gasteiger partial charge in [0.15, 0.2) is 0 Å². The van der Waals surface area contributed by atoms with Crippen molar-refractivity contribution in [3.8, 4) is 22.6 Å². The molecule has 0 aliphatic rings. The number of nitrogens with one attached hydrogen (secondary N) is 2. The maximum atomic E-state index is 11.0.